The van der Waals surface area contributed by atoms with Crippen molar-refractivity contribution >= 4 is 17.5 Å². The van der Waals surface area contributed by atoms with Crippen molar-refractivity contribution in [3.63, 3.8) is 0 Å². The minimum absolute atomic E-state index is 0.124. The van der Waals surface area contributed by atoms with E-state index >= 15 is 0 Å². The van der Waals surface area contributed by atoms with Gasteiger partial charge in [0.1, 0.15) is 5.15 Å². The fourth-order valence-corrected chi connectivity index (χ4v) is 2.54. The van der Waals surface area contributed by atoms with Gasteiger partial charge in [-0.2, -0.15) is 0 Å². The van der Waals surface area contributed by atoms with Crippen molar-refractivity contribution in [1.82, 2.24) is 10.3 Å². The molecule has 1 aliphatic rings. The van der Waals surface area contributed by atoms with Crippen LogP contribution in [0.15, 0.2) is 18.3 Å². The standard InChI is InChI=1S/C13H17ClN2O/c14-12-11(6-3-8-15-12)13(17)16-9-7-10-4-1-2-5-10/h3,6,8,10H,1-2,4-5,7,9H2,(H,16,17). The van der Waals surface area contributed by atoms with E-state index in [0.29, 0.717) is 5.56 Å². The average molecular weight is 253 g/mol. The van der Waals surface area contributed by atoms with Crippen molar-refractivity contribution in [2.75, 3.05) is 6.54 Å². The van der Waals surface area contributed by atoms with Gasteiger partial charge < -0.3 is 5.32 Å². The second-order valence-electron chi connectivity index (χ2n) is 4.54. The Bertz CT molecular complexity index is 389. The quantitative estimate of drug-likeness (QED) is 0.837. The molecule has 0 unspecified atom stereocenters. The lowest BCUT2D eigenvalue weighted by Crippen LogP contribution is -2.26. The summed E-state index contributed by atoms with van der Waals surface area (Å²) < 4.78 is 0. The van der Waals surface area contributed by atoms with Crippen LogP contribution in [0.3, 0.4) is 0 Å². The van der Waals surface area contributed by atoms with Crippen molar-refractivity contribution in [1.29, 1.82) is 0 Å². The highest BCUT2D eigenvalue weighted by Crippen LogP contribution is 2.26. The SMILES string of the molecule is O=C(NCCC1CCCC1)c1cccnc1Cl. The van der Waals surface area contributed by atoms with E-state index in [0.717, 1.165) is 18.9 Å². The van der Waals surface area contributed by atoms with Gasteiger partial charge in [0.25, 0.3) is 5.91 Å². The Hall–Kier alpha value is -1.09. The number of pyridine rings is 1. The summed E-state index contributed by atoms with van der Waals surface area (Å²) in [5.74, 6) is 0.667. The van der Waals surface area contributed by atoms with E-state index in [1.807, 2.05) is 0 Å². The van der Waals surface area contributed by atoms with Crippen LogP contribution in [0, 0.1) is 5.92 Å². The molecule has 1 heterocycles. The highest BCUT2D eigenvalue weighted by Gasteiger charge is 2.15. The fraction of sp³-hybridized carbons (Fsp3) is 0.538. The summed E-state index contributed by atoms with van der Waals surface area (Å²) in [6.07, 6.45) is 7.95. The molecule has 1 N–H and O–H groups in total. The lowest BCUT2D eigenvalue weighted by molar-refractivity contribution is 0.0951. The maximum Gasteiger partial charge on any atom is 0.254 e. The molecule has 0 radical (unpaired) electrons. The van der Waals surface area contributed by atoms with E-state index in [2.05, 4.69) is 10.3 Å². The van der Waals surface area contributed by atoms with E-state index < -0.39 is 0 Å². The third-order valence-electron chi connectivity index (χ3n) is 3.32. The zero-order chi connectivity index (χ0) is 12.1. The van der Waals surface area contributed by atoms with Gasteiger partial charge in [0.2, 0.25) is 0 Å². The summed E-state index contributed by atoms with van der Waals surface area (Å²) in [6.45, 7) is 0.731. The van der Waals surface area contributed by atoms with Gasteiger partial charge in [0, 0.05) is 12.7 Å². The largest absolute Gasteiger partial charge is 0.352 e. The van der Waals surface area contributed by atoms with Gasteiger partial charge in [-0.3, -0.25) is 4.79 Å². The lowest BCUT2D eigenvalue weighted by Gasteiger charge is -2.10. The maximum absolute atomic E-state index is 11.8. The van der Waals surface area contributed by atoms with Crippen LogP contribution < -0.4 is 5.32 Å². The number of hydrogen-bond acceptors (Lipinski definition) is 2. The van der Waals surface area contributed by atoms with Crippen LogP contribution in [0.25, 0.3) is 0 Å². The summed E-state index contributed by atoms with van der Waals surface area (Å²) in [7, 11) is 0. The lowest BCUT2D eigenvalue weighted by atomic mass is 10.0. The van der Waals surface area contributed by atoms with Crippen LogP contribution >= 0.6 is 11.6 Å². The van der Waals surface area contributed by atoms with Gasteiger partial charge in [0.15, 0.2) is 0 Å². The highest BCUT2D eigenvalue weighted by atomic mass is 35.5. The number of nitrogens with zero attached hydrogens (tertiary/aromatic N) is 1. The normalized spacial score (nSPS) is 16.1. The number of rotatable bonds is 4. The molecule has 1 aliphatic carbocycles. The van der Waals surface area contributed by atoms with Crippen LogP contribution in [0.1, 0.15) is 42.5 Å². The average Bonchev–Trinajstić information content (AvgIpc) is 2.82. The Morgan fingerprint density at radius 1 is 1.47 bits per heavy atom. The van der Waals surface area contributed by atoms with E-state index in [1.165, 1.54) is 25.7 Å². The monoisotopic (exact) mass is 252 g/mol. The number of halogens is 1. The molecule has 1 aromatic rings. The van der Waals surface area contributed by atoms with Crippen LogP contribution in [0.4, 0.5) is 0 Å². The molecule has 4 heteroatoms. The molecular formula is C13H17ClN2O. The smallest absolute Gasteiger partial charge is 0.254 e. The van der Waals surface area contributed by atoms with Crippen molar-refractivity contribution in [3.8, 4) is 0 Å². The number of amides is 1. The van der Waals surface area contributed by atoms with Gasteiger partial charge in [0.05, 0.1) is 5.56 Å². The Balaban J connectivity index is 1.79. The second kappa shape index (κ2) is 6.01. The first-order chi connectivity index (χ1) is 8.27. The van der Waals surface area contributed by atoms with Crippen molar-refractivity contribution in [2.24, 2.45) is 5.92 Å². The molecule has 92 valence electrons. The van der Waals surface area contributed by atoms with Crippen LogP contribution in [-0.4, -0.2) is 17.4 Å². The van der Waals surface area contributed by atoms with Crippen molar-refractivity contribution < 1.29 is 4.79 Å². The zero-order valence-electron chi connectivity index (χ0n) is 9.79. The molecular weight excluding hydrogens is 236 g/mol. The summed E-state index contributed by atoms with van der Waals surface area (Å²) in [5, 5.41) is 3.17. The number of hydrogen-bond donors (Lipinski definition) is 1. The molecule has 17 heavy (non-hydrogen) atoms. The molecule has 0 atom stereocenters. The topological polar surface area (TPSA) is 42.0 Å². The van der Waals surface area contributed by atoms with Crippen LogP contribution in [0.2, 0.25) is 5.15 Å². The molecule has 0 aliphatic heterocycles. The minimum atomic E-state index is -0.124. The molecule has 0 bridgehead atoms. The van der Waals surface area contributed by atoms with E-state index in [9.17, 15) is 4.79 Å². The van der Waals surface area contributed by atoms with E-state index in [-0.39, 0.29) is 11.1 Å². The van der Waals surface area contributed by atoms with Gasteiger partial charge in [-0.25, -0.2) is 4.98 Å². The predicted molar refractivity (Wildman–Crippen MR) is 68.2 cm³/mol. The first-order valence-electron chi connectivity index (χ1n) is 6.16. The molecule has 1 amide bonds. The molecule has 1 aromatic heterocycles. The number of aromatic nitrogens is 1. The summed E-state index contributed by atoms with van der Waals surface area (Å²) in [6, 6.07) is 3.41. The van der Waals surface area contributed by atoms with E-state index in [1.54, 1.807) is 18.3 Å². The van der Waals surface area contributed by atoms with Gasteiger partial charge in [-0.1, -0.05) is 37.3 Å². The van der Waals surface area contributed by atoms with Crippen LogP contribution in [0.5, 0.6) is 0 Å². The number of nitrogens with one attached hydrogen (secondary N) is 1. The second-order valence-corrected chi connectivity index (χ2v) is 4.89. The van der Waals surface area contributed by atoms with Gasteiger partial charge in [-0.15, -0.1) is 0 Å². The molecule has 0 spiro atoms. The summed E-state index contributed by atoms with van der Waals surface area (Å²) >= 11 is 5.85. The minimum Gasteiger partial charge on any atom is -0.352 e. The summed E-state index contributed by atoms with van der Waals surface area (Å²) in [5.41, 5.74) is 0.459. The van der Waals surface area contributed by atoms with Crippen LogP contribution in [-0.2, 0) is 0 Å². The van der Waals surface area contributed by atoms with Crippen molar-refractivity contribution in [3.05, 3.63) is 29.0 Å². The van der Waals surface area contributed by atoms with Crippen molar-refractivity contribution in [2.45, 2.75) is 32.1 Å². The Labute approximate surface area is 107 Å². The van der Waals surface area contributed by atoms with Gasteiger partial charge >= 0.3 is 0 Å². The maximum atomic E-state index is 11.8. The predicted octanol–water partition coefficient (Wildman–Crippen LogP) is 3.05. The third kappa shape index (κ3) is 3.43. The Morgan fingerprint density at radius 3 is 2.94 bits per heavy atom. The molecule has 1 saturated carbocycles. The zero-order valence-corrected chi connectivity index (χ0v) is 10.5. The first kappa shape index (κ1) is 12.4. The highest BCUT2D eigenvalue weighted by molar-refractivity contribution is 6.32. The van der Waals surface area contributed by atoms with Gasteiger partial charge in [-0.05, 0) is 24.5 Å². The fourth-order valence-electron chi connectivity index (χ4n) is 2.34. The molecule has 1 fully saturated rings. The number of carbonyl (C=O) groups is 1. The molecule has 3 nitrogen and oxygen atoms in total. The molecule has 0 saturated heterocycles. The number of carbonyl (C=O) groups excluding carboxylic acids is 1. The third-order valence-corrected chi connectivity index (χ3v) is 3.62. The Kier molecular flexibility index (Phi) is 4.37. The summed E-state index contributed by atoms with van der Waals surface area (Å²) in [4.78, 5) is 15.7. The first-order valence-corrected chi connectivity index (χ1v) is 6.54. The van der Waals surface area contributed by atoms with E-state index in [4.69, 9.17) is 11.6 Å². The Morgan fingerprint density at radius 2 is 2.24 bits per heavy atom. The molecule has 2 rings (SSSR count). The molecule has 0 aromatic carbocycles.